The minimum Gasteiger partial charge on any atom is -0.382 e. The Morgan fingerprint density at radius 1 is 1.24 bits per heavy atom. The molecule has 7 heteroatoms. The van der Waals surface area contributed by atoms with E-state index in [1.165, 1.54) is 29.1 Å². The molecular weight excluding hydrogens is 299 g/mol. The van der Waals surface area contributed by atoms with Crippen LogP contribution in [0.25, 0.3) is 5.69 Å². The molecule has 0 bridgehead atoms. The van der Waals surface area contributed by atoms with Crippen LogP contribution in [-0.2, 0) is 6.18 Å². The van der Waals surface area contributed by atoms with Gasteiger partial charge in [-0.3, -0.25) is 0 Å². The first-order valence-corrected chi connectivity index (χ1v) is 5.35. The molecule has 0 radical (unpaired) electrons. The molecule has 3 nitrogen and oxygen atoms in total. The number of nitrogen functional groups attached to an aromatic ring is 1. The van der Waals surface area contributed by atoms with Crippen molar-refractivity contribution in [3.8, 4) is 5.69 Å². The lowest BCUT2D eigenvalue weighted by atomic mass is 10.2. The van der Waals surface area contributed by atoms with Gasteiger partial charge in [-0.2, -0.15) is 18.3 Å². The number of hydrogen-bond donors (Lipinski definition) is 1. The van der Waals surface area contributed by atoms with E-state index in [1.54, 1.807) is 0 Å². The molecule has 0 atom stereocenters. The van der Waals surface area contributed by atoms with E-state index in [9.17, 15) is 13.2 Å². The van der Waals surface area contributed by atoms with E-state index in [-0.39, 0.29) is 10.3 Å². The third kappa shape index (κ3) is 2.44. The number of hydrogen-bond acceptors (Lipinski definition) is 2. The Hall–Kier alpha value is -1.50. The maximum absolute atomic E-state index is 12.7. The van der Waals surface area contributed by atoms with Crippen LogP contribution in [0.1, 0.15) is 5.56 Å². The second-order valence-electron chi connectivity index (χ2n) is 3.35. The van der Waals surface area contributed by atoms with Gasteiger partial charge in [-0.15, -0.1) is 0 Å². The summed E-state index contributed by atoms with van der Waals surface area (Å²) in [6.45, 7) is 0. The third-order valence-corrected chi connectivity index (χ3v) is 2.82. The molecule has 0 aliphatic carbocycles. The highest BCUT2D eigenvalue weighted by atomic mass is 79.9. The van der Waals surface area contributed by atoms with Crippen molar-refractivity contribution in [1.82, 2.24) is 9.78 Å². The van der Waals surface area contributed by atoms with Crippen LogP contribution in [0.15, 0.2) is 34.9 Å². The van der Waals surface area contributed by atoms with Crippen molar-refractivity contribution in [2.24, 2.45) is 0 Å². The number of alkyl halides is 3. The lowest BCUT2D eigenvalue weighted by molar-refractivity contribution is -0.138. The topological polar surface area (TPSA) is 43.8 Å². The highest BCUT2D eigenvalue weighted by molar-refractivity contribution is 9.10. The molecule has 0 spiro atoms. The summed E-state index contributed by atoms with van der Waals surface area (Å²) >= 11 is 2.87. The molecule has 0 aliphatic heterocycles. The van der Waals surface area contributed by atoms with Gasteiger partial charge in [-0.05, 0) is 18.2 Å². The van der Waals surface area contributed by atoms with E-state index in [4.69, 9.17) is 5.73 Å². The third-order valence-electron chi connectivity index (χ3n) is 2.13. The molecule has 2 N–H and O–H groups in total. The van der Waals surface area contributed by atoms with Crippen LogP contribution in [0.2, 0.25) is 0 Å². The number of benzene rings is 1. The van der Waals surface area contributed by atoms with Gasteiger partial charge in [0.1, 0.15) is 5.82 Å². The van der Waals surface area contributed by atoms with Crippen LogP contribution in [0, 0.1) is 0 Å². The molecule has 0 amide bonds. The van der Waals surface area contributed by atoms with Crippen molar-refractivity contribution in [2.75, 3.05) is 5.73 Å². The molecule has 1 aromatic heterocycles. The summed E-state index contributed by atoms with van der Waals surface area (Å²) < 4.78 is 39.3. The van der Waals surface area contributed by atoms with Gasteiger partial charge in [-0.1, -0.05) is 15.9 Å². The molecule has 0 aliphatic rings. The zero-order chi connectivity index (χ0) is 12.6. The average molecular weight is 306 g/mol. The fraction of sp³-hybridized carbons (Fsp3) is 0.100. The highest BCUT2D eigenvalue weighted by Gasteiger charge is 2.33. The Balaban J connectivity index is 2.51. The molecule has 2 aromatic rings. The Morgan fingerprint density at radius 2 is 1.94 bits per heavy atom. The standard InChI is InChI=1S/C10H7BrF3N3/c11-8-2-1-6(5-7(8)10(12,13)14)17-4-3-9(15)16-17/h1-5H,(H2,15,16). The molecule has 2 rings (SSSR count). The summed E-state index contributed by atoms with van der Waals surface area (Å²) in [5.74, 6) is 0.251. The van der Waals surface area contributed by atoms with Crippen molar-refractivity contribution in [1.29, 1.82) is 0 Å². The summed E-state index contributed by atoms with van der Waals surface area (Å²) in [4.78, 5) is 0. The number of nitrogens with zero attached hydrogens (tertiary/aromatic N) is 2. The summed E-state index contributed by atoms with van der Waals surface area (Å²) in [6, 6.07) is 5.37. The first kappa shape index (κ1) is 12.0. The van der Waals surface area contributed by atoms with Gasteiger partial charge >= 0.3 is 6.18 Å². The van der Waals surface area contributed by atoms with E-state index >= 15 is 0 Å². The first-order chi connectivity index (χ1) is 7.88. The van der Waals surface area contributed by atoms with Gasteiger partial charge in [-0.25, -0.2) is 4.68 Å². The molecule has 1 aromatic carbocycles. The van der Waals surface area contributed by atoms with E-state index in [0.717, 1.165) is 6.07 Å². The van der Waals surface area contributed by atoms with Crippen LogP contribution in [0.3, 0.4) is 0 Å². The number of nitrogens with two attached hydrogens (primary N) is 1. The summed E-state index contributed by atoms with van der Waals surface area (Å²) in [5.41, 5.74) is 4.96. The SMILES string of the molecule is Nc1ccn(-c2ccc(Br)c(C(F)(F)F)c2)n1. The number of anilines is 1. The fourth-order valence-corrected chi connectivity index (χ4v) is 1.83. The van der Waals surface area contributed by atoms with E-state index < -0.39 is 11.7 Å². The van der Waals surface area contributed by atoms with Gasteiger partial charge in [0.25, 0.3) is 0 Å². The van der Waals surface area contributed by atoms with Crippen molar-refractivity contribution in [3.63, 3.8) is 0 Å². The highest BCUT2D eigenvalue weighted by Crippen LogP contribution is 2.35. The van der Waals surface area contributed by atoms with E-state index in [0.29, 0.717) is 5.69 Å². The molecule has 0 unspecified atom stereocenters. The predicted molar refractivity (Wildman–Crippen MR) is 60.7 cm³/mol. The zero-order valence-electron chi connectivity index (χ0n) is 8.37. The smallest absolute Gasteiger partial charge is 0.382 e. The minimum absolute atomic E-state index is 0.00567. The molecule has 17 heavy (non-hydrogen) atoms. The van der Waals surface area contributed by atoms with Gasteiger partial charge < -0.3 is 5.73 Å². The molecule has 90 valence electrons. The Labute approximate surface area is 103 Å². The zero-order valence-corrected chi connectivity index (χ0v) is 9.96. The van der Waals surface area contributed by atoms with Crippen molar-refractivity contribution < 1.29 is 13.2 Å². The maximum Gasteiger partial charge on any atom is 0.417 e. The van der Waals surface area contributed by atoms with Crippen molar-refractivity contribution in [3.05, 3.63) is 40.5 Å². The monoisotopic (exact) mass is 305 g/mol. The maximum atomic E-state index is 12.7. The van der Waals surface area contributed by atoms with Crippen LogP contribution >= 0.6 is 15.9 Å². The van der Waals surface area contributed by atoms with Gasteiger partial charge in [0, 0.05) is 16.7 Å². The predicted octanol–water partition coefficient (Wildman–Crippen LogP) is 3.24. The van der Waals surface area contributed by atoms with Crippen molar-refractivity contribution in [2.45, 2.75) is 6.18 Å². The summed E-state index contributed by atoms with van der Waals surface area (Å²) in [7, 11) is 0. The summed E-state index contributed by atoms with van der Waals surface area (Å²) in [5, 5.41) is 3.85. The van der Waals surface area contributed by atoms with Crippen molar-refractivity contribution >= 4 is 21.7 Å². The molecule has 0 fully saturated rings. The lowest BCUT2D eigenvalue weighted by Gasteiger charge is -2.11. The van der Waals surface area contributed by atoms with Crippen LogP contribution in [0.5, 0.6) is 0 Å². The normalized spacial score (nSPS) is 11.8. The number of rotatable bonds is 1. The van der Waals surface area contributed by atoms with E-state index in [1.807, 2.05) is 0 Å². The first-order valence-electron chi connectivity index (χ1n) is 4.56. The molecular formula is C10H7BrF3N3. The van der Waals surface area contributed by atoms with Gasteiger partial charge in [0.2, 0.25) is 0 Å². The fourth-order valence-electron chi connectivity index (χ4n) is 1.35. The largest absolute Gasteiger partial charge is 0.417 e. The molecule has 1 heterocycles. The van der Waals surface area contributed by atoms with Crippen LogP contribution < -0.4 is 5.73 Å². The average Bonchev–Trinajstić information content (AvgIpc) is 2.64. The van der Waals surface area contributed by atoms with E-state index in [2.05, 4.69) is 21.0 Å². The van der Waals surface area contributed by atoms with Gasteiger partial charge in [0.05, 0.1) is 11.3 Å². The Kier molecular flexibility index (Phi) is 2.86. The quantitative estimate of drug-likeness (QED) is 0.879. The summed E-state index contributed by atoms with van der Waals surface area (Å²) in [6.07, 6.45) is -2.91. The molecule has 0 saturated carbocycles. The second-order valence-corrected chi connectivity index (χ2v) is 4.20. The van der Waals surface area contributed by atoms with Crippen LogP contribution in [-0.4, -0.2) is 9.78 Å². The second kappa shape index (κ2) is 4.06. The lowest BCUT2D eigenvalue weighted by Crippen LogP contribution is -2.07. The number of aromatic nitrogens is 2. The Morgan fingerprint density at radius 3 is 2.47 bits per heavy atom. The minimum atomic E-state index is -4.41. The number of halogens is 4. The van der Waals surface area contributed by atoms with Gasteiger partial charge in [0.15, 0.2) is 0 Å². The Bertz CT molecular complexity index is 548. The molecule has 0 saturated heterocycles. The van der Waals surface area contributed by atoms with Crippen LogP contribution in [0.4, 0.5) is 19.0 Å².